The van der Waals surface area contributed by atoms with Crippen LogP contribution in [0.25, 0.3) is 0 Å². The van der Waals surface area contributed by atoms with Crippen molar-refractivity contribution < 1.29 is 5.11 Å². The Morgan fingerprint density at radius 2 is 0.964 bits per heavy atom. The summed E-state index contributed by atoms with van der Waals surface area (Å²) in [5, 5.41) is 9.57. The van der Waals surface area contributed by atoms with Gasteiger partial charge in [0.1, 0.15) is 5.75 Å². The molecule has 0 saturated carbocycles. The van der Waals surface area contributed by atoms with Gasteiger partial charge in [-0.05, 0) is 37.0 Å². The standard InChI is InChI=1S/C27H48O/c1-3-4-5-6-7-8-9-10-11-12-13-14-15-16-17-18-19-20-21-26-22-23-27(28)25(2)24-26/h22-24,28H,3-21H2,1-2H3. The molecule has 0 spiro atoms. The fourth-order valence-corrected chi connectivity index (χ4v) is 4.10. The highest BCUT2D eigenvalue weighted by atomic mass is 16.3. The minimum atomic E-state index is 0.418. The van der Waals surface area contributed by atoms with Crippen LogP contribution in [0.3, 0.4) is 0 Å². The first-order valence-electron chi connectivity index (χ1n) is 12.5. The number of aromatic hydroxyl groups is 1. The zero-order valence-electron chi connectivity index (χ0n) is 19.1. The molecular formula is C27H48O. The molecule has 1 aromatic carbocycles. The SMILES string of the molecule is CCCCCCCCCCCCCCCCCCCCc1ccc(O)c(C)c1. The third-order valence-corrected chi connectivity index (χ3v) is 6.08. The summed E-state index contributed by atoms with van der Waals surface area (Å²) in [6, 6.07) is 6.03. The molecule has 1 aromatic rings. The van der Waals surface area contributed by atoms with Crippen LogP contribution in [0.2, 0.25) is 0 Å². The Morgan fingerprint density at radius 1 is 0.571 bits per heavy atom. The van der Waals surface area contributed by atoms with E-state index < -0.39 is 0 Å². The molecule has 1 nitrogen and oxygen atoms in total. The predicted molar refractivity (Wildman–Crippen MR) is 125 cm³/mol. The van der Waals surface area contributed by atoms with Crippen molar-refractivity contribution >= 4 is 0 Å². The van der Waals surface area contributed by atoms with Crippen molar-refractivity contribution in [2.24, 2.45) is 0 Å². The summed E-state index contributed by atoms with van der Waals surface area (Å²) in [5.41, 5.74) is 2.37. The van der Waals surface area contributed by atoms with Crippen LogP contribution in [0.1, 0.15) is 134 Å². The lowest BCUT2D eigenvalue weighted by atomic mass is 10.0. The molecule has 0 heterocycles. The summed E-state index contributed by atoms with van der Waals surface area (Å²) in [6.07, 6.45) is 26.8. The Balaban J connectivity index is 1.75. The van der Waals surface area contributed by atoms with Gasteiger partial charge in [0.05, 0.1) is 0 Å². The number of hydrogen-bond donors (Lipinski definition) is 1. The van der Waals surface area contributed by atoms with Crippen LogP contribution in [0, 0.1) is 6.92 Å². The molecular weight excluding hydrogens is 340 g/mol. The second kappa shape index (κ2) is 18.1. The van der Waals surface area contributed by atoms with Gasteiger partial charge in [0.2, 0.25) is 0 Å². The van der Waals surface area contributed by atoms with E-state index in [0.29, 0.717) is 5.75 Å². The quantitative estimate of drug-likeness (QED) is 0.234. The van der Waals surface area contributed by atoms with Crippen molar-refractivity contribution in [2.45, 2.75) is 136 Å². The third-order valence-electron chi connectivity index (χ3n) is 6.08. The van der Waals surface area contributed by atoms with E-state index in [2.05, 4.69) is 19.1 Å². The van der Waals surface area contributed by atoms with E-state index in [0.717, 1.165) is 12.0 Å². The van der Waals surface area contributed by atoms with E-state index >= 15 is 0 Å². The summed E-state index contributed by atoms with van der Waals surface area (Å²) in [7, 11) is 0. The van der Waals surface area contributed by atoms with E-state index in [1.807, 2.05) is 13.0 Å². The second-order valence-corrected chi connectivity index (χ2v) is 8.88. The topological polar surface area (TPSA) is 20.2 Å². The van der Waals surface area contributed by atoms with E-state index in [-0.39, 0.29) is 0 Å². The van der Waals surface area contributed by atoms with E-state index in [4.69, 9.17) is 0 Å². The number of rotatable bonds is 19. The maximum Gasteiger partial charge on any atom is 0.118 e. The van der Waals surface area contributed by atoms with Crippen LogP contribution in [0.4, 0.5) is 0 Å². The lowest BCUT2D eigenvalue weighted by Crippen LogP contribution is -1.88. The highest BCUT2D eigenvalue weighted by Gasteiger charge is 1.99. The Labute approximate surface area is 176 Å². The fraction of sp³-hybridized carbons (Fsp3) is 0.778. The first-order valence-corrected chi connectivity index (χ1v) is 12.5. The zero-order valence-corrected chi connectivity index (χ0v) is 19.1. The molecule has 0 aliphatic rings. The highest BCUT2D eigenvalue weighted by molar-refractivity contribution is 5.34. The molecule has 0 aliphatic heterocycles. The highest BCUT2D eigenvalue weighted by Crippen LogP contribution is 2.19. The van der Waals surface area contributed by atoms with Crippen molar-refractivity contribution in [3.8, 4) is 5.75 Å². The molecule has 0 amide bonds. The van der Waals surface area contributed by atoms with Crippen LogP contribution in [0.15, 0.2) is 18.2 Å². The van der Waals surface area contributed by atoms with Gasteiger partial charge in [-0.2, -0.15) is 0 Å². The molecule has 1 N–H and O–H groups in total. The molecule has 0 atom stereocenters. The summed E-state index contributed by atoms with van der Waals surface area (Å²) >= 11 is 0. The van der Waals surface area contributed by atoms with Gasteiger partial charge in [-0.3, -0.25) is 0 Å². The van der Waals surface area contributed by atoms with Crippen LogP contribution >= 0.6 is 0 Å². The lowest BCUT2D eigenvalue weighted by molar-refractivity contribution is 0.470. The average Bonchev–Trinajstić information content (AvgIpc) is 2.69. The first kappa shape index (κ1) is 25.1. The summed E-state index contributed by atoms with van der Waals surface area (Å²) in [5.74, 6) is 0.418. The van der Waals surface area contributed by atoms with Crippen LogP contribution in [-0.4, -0.2) is 5.11 Å². The van der Waals surface area contributed by atoms with E-state index in [1.54, 1.807) is 0 Å². The number of hydrogen-bond acceptors (Lipinski definition) is 1. The molecule has 1 heteroatoms. The van der Waals surface area contributed by atoms with Gasteiger partial charge >= 0.3 is 0 Å². The first-order chi connectivity index (χ1) is 13.7. The van der Waals surface area contributed by atoms with Crippen molar-refractivity contribution in [1.29, 1.82) is 0 Å². The van der Waals surface area contributed by atoms with Gasteiger partial charge in [0, 0.05) is 0 Å². The number of aryl methyl sites for hydroxylation is 2. The van der Waals surface area contributed by atoms with Gasteiger partial charge in [-0.25, -0.2) is 0 Å². The molecule has 0 fully saturated rings. The van der Waals surface area contributed by atoms with Gasteiger partial charge in [-0.1, -0.05) is 128 Å². The summed E-state index contributed by atoms with van der Waals surface area (Å²) in [6.45, 7) is 4.27. The maximum absolute atomic E-state index is 9.57. The monoisotopic (exact) mass is 388 g/mol. The minimum absolute atomic E-state index is 0.418. The van der Waals surface area contributed by atoms with Gasteiger partial charge in [0.15, 0.2) is 0 Å². The molecule has 28 heavy (non-hydrogen) atoms. The van der Waals surface area contributed by atoms with Crippen molar-refractivity contribution in [3.63, 3.8) is 0 Å². The number of benzene rings is 1. The van der Waals surface area contributed by atoms with Gasteiger partial charge < -0.3 is 5.11 Å². The number of phenols is 1. The molecule has 0 bridgehead atoms. The van der Waals surface area contributed by atoms with Crippen LogP contribution in [0.5, 0.6) is 5.75 Å². The maximum atomic E-state index is 9.57. The Hall–Kier alpha value is -0.980. The average molecular weight is 389 g/mol. The van der Waals surface area contributed by atoms with E-state index in [9.17, 15) is 5.11 Å². The summed E-state index contributed by atoms with van der Waals surface area (Å²) < 4.78 is 0. The molecule has 162 valence electrons. The minimum Gasteiger partial charge on any atom is -0.508 e. The Bertz CT molecular complexity index is 465. The Kier molecular flexibility index (Phi) is 16.2. The van der Waals surface area contributed by atoms with E-state index in [1.165, 1.54) is 121 Å². The number of phenolic OH excluding ortho intramolecular Hbond substituents is 1. The van der Waals surface area contributed by atoms with Crippen molar-refractivity contribution in [3.05, 3.63) is 29.3 Å². The lowest BCUT2D eigenvalue weighted by Gasteiger charge is -2.05. The van der Waals surface area contributed by atoms with Crippen LogP contribution in [-0.2, 0) is 6.42 Å². The Morgan fingerprint density at radius 3 is 1.36 bits per heavy atom. The largest absolute Gasteiger partial charge is 0.508 e. The smallest absolute Gasteiger partial charge is 0.118 e. The fourth-order valence-electron chi connectivity index (χ4n) is 4.10. The zero-order chi connectivity index (χ0) is 20.3. The summed E-state index contributed by atoms with van der Waals surface area (Å²) in [4.78, 5) is 0. The van der Waals surface area contributed by atoms with Crippen molar-refractivity contribution in [1.82, 2.24) is 0 Å². The normalized spacial score (nSPS) is 11.2. The molecule has 0 unspecified atom stereocenters. The van der Waals surface area contributed by atoms with Gasteiger partial charge in [0.25, 0.3) is 0 Å². The molecule has 0 saturated heterocycles. The molecule has 1 rings (SSSR count). The molecule has 0 radical (unpaired) electrons. The van der Waals surface area contributed by atoms with Crippen molar-refractivity contribution in [2.75, 3.05) is 0 Å². The van der Waals surface area contributed by atoms with Crippen LogP contribution < -0.4 is 0 Å². The molecule has 0 aliphatic carbocycles. The number of unbranched alkanes of at least 4 members (excludes halogenated alkanes) is 17. The second-order valence-electron chi connectivity index (χ2n) is 8.88. The van der Waals surface area contributed by atoms with Gasteiger partial charge in [-0.15, -0.1) is 0 Å². The predicted octanol–water partition coefficient (Wildman–Crippen LogP) is 9.28. The molecule has 0 aromatic heterocycles. The third kappa shape index (κ3) is 14.1.